The molecule has 0 saturated heterocycles. The number of hydrogen-bond acceptors (Lipinski definition) is 2. The standard InChI is InChI=1S/C9H13N2/c1-2-3-4-5-9-8-10-6-7-11-9/h6-7H,2-5H2,1H3. The maximum absolute atomic E-state index is 4.13. The van der Waals surface area contributed by atoms with Crippen molar-refractivity contribution in [1.29, 1.82) is 0 Å². The van der Waals surface area contributed by atoms with E-state index in [2.05, 4.69) is 23.1 Å². The van der Waals surface area contributed by atoms with Crippen LogP contribution in [0.3, 0.4) is 0 Å². The van der Waals surface area contributed by atoms with Gasteiger partial charge in [-0.3, -0.25) is 9.97 Å². The molecule has 2 nitrogen and oxygen atoms in total. The molecule has 0 aliphatic carbocycles. The normalized spacial score (nSPS) is 9.91. The van der Waals surface area contributed by atoms with Gasteiger partial charge in [-0.05, 0) is 12.8 Å². The fourth-order valence-electron chi connectivity index (χ4n) is 0.960. The third kappa shape index (κ3) is 3.12. The van der Waals surface area contributed by atoms with Gasteiger partial charge in [0, 0.05) is 12.4 Å². The first-order valence-corrected chi connectivity index (χ1v) is 4.11. The molecule has 0 unspecified atom stereocenters. The van der Waals surface area contributed by atoms with E-state index in [-0.39, 0.29) is 0 Å². The molecule has 0 fully saturated rings. The van der Waals surface area contributed by atoms with Crippen molar-refractivity contribution in [3.8, 4) is 0 Å². The highest BCUT2D eigenvalue weighted by Gasteiger charge is 1.92. The first-order chi connectivity index (χ1) is 5.43. The molecule has 1 heterocycles. The topological polar surface area (TPSA) is 25.8 Å². The van der Waals surface area contributed by atoms with Gasteiger partial charge in [0.1, 0.15) is 6.20 Å². The predicted molar refractivity (Wildman–Crippen MR) is 44.1 cm³/mol. The molecule has 0 aromatic carbocycles. The maximum Gasteiger partial charge on any atom is 0.112 e. The summed E-state index contributed by atoms with van der Waals surface area (Å²) in [6.07, 6.45) is 11.0. The van der Waals surface area contributed by atoms with E-state index in [0.717, 1.165) is 12.1 Å². The number of nitrogens with zero attached hydrogens (tertiary/aromatic N) is 2. The monoisotopic (exact) mass is 149 g/mol. The average molecular weight is 149 g/mol. The van der Waals surface area contributed by atoms with Gasteiger partial charge in [0.05, 0.1) is 5.69 Å². The van der Waals surface area contributed by atoms with Crippen molar-refractivity contribution in [1.82, 2.24) is 9.97 Å². The predicted octanol–water partition coefficient (Wildman–Crippen LogP) is 2.01. The van der Waals surface area contributed by atoms with E-state index < -0.39 is 0 Å². The van der Waals surface area contributed by atoms with Gasteiger partial charge in [-0.2, -0.15) is 0 Å². The van der Waals surface area contributed by atoms with Crippen LogP contribution in [0.1, 0.15) is 31.9 Å². The molecule has 0 bridgehead atoms. The van der Waals surface area contributed by atoms with E-state index in [1.165, 1.54) is 19.3 Å². The fourth-order valence-corrected chi connectivity index (χ4v) is 0.960. The molecule has 59 valence electrons. The van der Waals surface area contributed by atoms with E-state index in [1.807, 2.05) is 0 Å². The van der Waals surface area contributed by atoms with Gasteiger partial charge in [-0.25, -0.2) is 0 Å². The van der Waals surface area contributed by atoms with Crippen molar-refractivity contribution < 1.29 is 0 Å². The van der Waals surface area contributed by atoms with Crippen LogP contribution in [0.15, 0.2) is 12.4 Å². The molecule has 0 atom stereocenters. The Morgan fingerprint density at radius 2 is 2.27 bits per heavy atom. The molecule has 0 N–H and O–H groups in total. The summed E-state index contributed by atoms with van der Waals surface area (Å²) >= 11 is 0. The Morgan fingerprint density at radius 3 is 2.91 bits per heavy atom. The Hall–Kier alpha value is -0.920. The third-order valence-corrected chi connectivity index (χ3v) is 1.58. The molecule has 2 heteroatoms. The molecule has 1 radical (unpaired) electrons. The molecule has 0 aliphatic rings. The zero-order valence-corrected chi connectivity index (χ0v) is 6.88. The number of unbranched alkanes of at least 4 members (excludes halogenated alkanes) is 2. The average Bonchev–Trinajstić information content (AvgIpc) is 2.07. The van der Waals surface area contributed by atoms with Crippen LogP contribution in [0, 0.1) is 6.20 Å². The second-order valence-electron chi connectivity index (χ2n) is 2.57. The maximum atomic E-state index is 4.13. The highest BCUT2D eigenvalue weighted by molar-refractivity contribution is 4.92. The second-order valence-corrected chi connectivity index (χ2v) is 2.57. The summed E-state index contributed by atoms with van der Waals surface area (Å²) in [6, 6.07) is 0. The van der Waals surface area contributed by atoms with Crippen molar-refractivity contribution in [3.63, 3.8) is 0 Å². The number of hydrogen-bond donors (Lipinski definition) is 0. The van der Waals surface area contributed by atoms with Crippen LogP contribution >= 0.6 is 0 Å². The smallest absolute Gasteiger partial charge is 0.112 e. The van der Waals surface area contributed by atoms with Crippen LogP contribution in [-0.4, -0.2) is 9.97 Å². The Morgan fingerprint density at radius 1 is 1.36 bits per heavy atom. The van der Waals surface area contributed by atoms with Gasteiger partial charge in [0.25, 0.3) is 0 Å². The lowest BCUT2D eigenvalue weighted by Gasteiger charge is -1.95. The van der Waals surface area contributed by atoms with E-state index in [0.29, 0.717) is 0 Å². The van der Waals surface area contributed by atoms with Gasteiger partial charge in [-0.15, -0.1) is 0 Å². The van der Waals surface area contributed by atoms with Crippen molar-refractivity contribution in [2.24, 2.45) is 0 Å². The lowest BCUT2D eigenvalue weighted by molar-refractivity contribution is 0.704. The summed E-state index contributed by atoms with van der Waals surface area (Å²) in [5.74, 6) is 0. The first kappa shape index (κ1) is 8.18. The van der Waals surface area contributed by atoms with Crippen molar-refractivity contribution in [3.05, 3.63) is 24.3 Å². The highest BCUT2D eigenvalue weighted by Crippen LogP contribution is 2.00. The number of rotatable bonds is 4. The highest BCUT2D eigenvalue weighted by atomic mass is 14.8. The molecule has 0 aliphatic heterocycles. The molecule has 11 heavy (non-hydrogen) atoms. The second kappa shape index (κ2) is 4.83. The summed E-state index contributed by atoms with van der Waals surface area (Å²) in [6.45, 7) is 2.19. The van der Waals surface area contributed by atoms with Gasteiger partial charge in [0.15, 0.2) is 0 Å². The van der Waals surface area contributed by atoms with Crippen LogP contribution in [-0.2, 0) is 6.42 Å². The number of aromatic nitrogens is 2. The van der Waals surface area contributed by atoms with Gasteiger partial charge in [-0.1, -0.05) is 19.8 Å². The molecule has 1 aromatic heterocycles. The molecular formula is C9H13N2. The van der Waals surface area contributed by atoms with Gasteiger partial charge < -0.3 is 0 Å². The largest absolute Gasteiger partial charge is 0.257 e. The first-order valence-electron chi connectivity index (χ1n) is 4.11. The van der Waals surface area contributed by atoms with Crippen LogP contribution in [0.25, 0.3) is 0 Å². The molecule has 1 aromatic rings. The summed E-state index contributed by atoms with van der Waals surface area (Å²) in [5.41, 5.74) is 0.987. The number of aryl methyl sites for hydroxylation is 1. The minimum absolute atomic E-state index is 0.987. The van der Waals surface area contributed by atoms with E-state index >= 15 is 0 Å². The molecule has 0 spiro atoms. The van der Waals surface area contributed by atoms with Crippen molar-refractivity contribution in [2.75, 3.05) is 0 Å². The minimum Gasteiger partial charge on any atom is -0.257 e. The van der Waals surface area contributed by atoms with Gasteiger partial charge in [0.2, 0.25) is 0 Å². The Bertz CT molecular complexity index is 184. The lowest BCUT2D eigenvalue weighted by atomic mass is 10.2. The Labute approximate surface area is 67.7 Å². The molecular weight excluding hydrogens is 136 g/mol. The zero-order chi connectivity index (χ0) is 7.94. The van der Waals surface area contributed by atoms with Crippen LogP contribution in [0.4, 0.5) is 0 Å². The van der Waals surface area contributed by atoms with E-state index in [9.17, 15) is 0 Å². The SMILES string of the molecule is CCCCCc1[c]nccn1. The van der Waals surface area contributed by atoms with E-state index in [4.69, 9.17) is 0 Å². The lowest BCUT2D eigenvalue weighted by Crippen LogP contribution is -1.90. The van der Waals surface area contributed by atoms with Crippen molar-refractivity contribution in [2.45, 2.75) is 32.6 Å². The van der Waals surface area contributed by atoms with Gasteiger partial charge >= 0.3 is 0 Å². The summed E-state index contributed by atoms with van der Waals surface area (Å²) in [5, 5.41) is 0. The minimum atomic E-state index is 0.987. The van der Waals surface area contributed by atoms with E-state index in [1.54, 1.807) is 12.4 Å². The summed E-state index contributed by atoms with van der Waals surface area (Å²) < 4.78 is 0. The fraction of sp³-hybridized carbons (Fsp3) is 0.556. The quantitative estimate of drug-likeness (QED) is 0.612. The molecule has 1 rings (SSSR count). The van der Waals surface area contributed by atoms with Crippen LogP contribution < -0.4 is 0 Å². The van der Waals surface area contributed by atoms with Crippen molar-refractivity contribution >= 4 is 0 Å². The molecule has 0 amide bonds. The molecule has 0 saturated carbocycles. The Kier molecular flexibility index (Phi) is 3.59. The summed E-state index contributed by atoms with van der Waals surface area (Å²) in [4.78, 5) is 8.01. The third-order valence-electron chi connectivity index (χ3n) is 1.58. The Balaban J connectivity index is 2.28. The van der Waals surface area contributed by atoms with Crippen LogP contribution in [0.5, 0.6) is 0 Å². The zero-order valence-electron chi connectivity index (χ0n) is 6.88. The van der Waals surface area contributed by atoms with Crippen LogP contribution in [0.2, 0.25) is 0 Å². The summed E-state index contributed by atoms with van der Waals surface area (Å²) in [7, 11) is 0.